The zero-order chi connectivity index (χ0) is 18.0. The molecule has 25 heavy (non-hydrogen) atoms. The number of fused-ring (bicyclic) bond motifs is 1. The Kier molecular flexibility index (Phi) is 4.56. The Balaban J connectivity index is 1.88. The third-order valence-corrected chi connectivity index (χ3v) is 5.11. The number of sulfonamides is 1. The summed E-state index contributed by atoms with van der Waals surface area (Å²) in [5, 5.41) is 14.9. The van der Waals surface area contributed by atoms with Crippen molar-refractivity contribution >= 4 is 22.1 Å². The number of ether oxygens (including phenoxy) is 1. The summed E-state index contributed by atoms with van der Waals surface area (Å²) < 4.78 is 33.2. The van der Waals surface area contributed by atoms with E-state index in [1.165, 1.54) is 18.2 Å². The van der Waals surface area contributed by atoms with Crippen molar-refractivity contribution in [3.05, 3.63) is 59.2 Å². The maximum absolute atomic E-state index is 12.1. The fourth-order valence-corrected chi connectivity index (χ4v) is 3.73. The molecule has 0 spiro atoms. The normalized spacial score (nSPS) is 15.1. The van der Waals surface area contributed by atoms with E-state index < -0.39 is 10.0 Å². The van der Waals surface area contributed by atoms with Gasteiger partial charge in [0.25, 0.3) is 10.0 Å². The van der Waals surface area contributed by atoms with Crippen LogP contribution in [-0.2, 0) is 16.6 Å². The zero-order valence-electron chi connectivity index (χ0n) is 13.7. The van der Waals surface area contributed by atoms with Gasteiger partial charge in [-0.1, -0.05) is 24.3 Å². The van der Waals surface area contributed by atoms with E-state index in [0.717, 1.165) is 5.56 Å². The number of amidine groups is 1. The Morgan fingerprint density at radius 2 is 2.04 bits per heavy atom. The number of hydrogen-bond donors (Lipinski definition) is 1. The Labute approximate surface area is 145 Å². The van der Waals surface area contributed by atoms with Crippen LogP contribution in [-0.4, -0.2) is 44.7 Å². The predicted molar refractivity (Wildman–Crippen MR) is 94.4 cm³/mol. The maximum Gasteiger partial charge on any atom is 0.285 e. The van der Waals surface area contributed by atoms with Gasteiger partial charge in [-0.15, -0.1) is 4.40 Å². The van der Waals surface area contributed by atoms with Gasteiger partial charge in [0.2, 0.25) is 0 Å². The molecule has 2 aromatic carbocycles. The molecule has 0 radical (unpaired) electrons. The van der Waals surface area contributed by atoms with E-state index in [1.54, 1.807) is 49.7 Å². The molecule has 1 heterocycles. The van der Waals surface area contributed by atoms with Gasteiger partial charge in [-0.3, -0.25) is 0 Å². The molecule has 0 aromatic heterocycles. The fraction of sp³-hybridized carbons (Fsp3) is 0.176. The molecule has 7 nitrogen and oxygen atoms in total. The monoisotopic (exact) mass is 359 g/mol. The smallest absolute Gasteiger partial charge is 0.285 e. The van der Waals surface area contributed by atoms with Crippen LogP contribution >= 0.6 is 0 Å². The minimum atomic E-state index is -3.68. The first kappa shape index (κ1) is 17.1. The van der Waals surface area contributed by atoms with E-state index in [4.69, 9.17) is 4.74 Å². The topological polar surface area (TPSA) is 91.6 Å². The number of aliphatic hydroxyl groups is 1. The minimum Gasteiger partial charge on any atom is -0.496 e. The summed E-state index contributed by atoms with van der Waals surface area (Å²) in [7, 11) is -0.522. The van der Waals surface area contributed by atoms with E-state index in [0.29, 0.717) is 16.9 Å². The SMILES string of the molecule is COc1cc(/C=N/N(C)C2=NS(=O)(=O)c3ccccc32)ccc1CO. The van der Waals surface area contributed by atoms with E-state index in [1.807, 2.05) is 0 Å². The van der Waals surface area contributed by atoms with Crippen molar-refractivity contribution in [3.8, 4) is 5.75 Å². The lowest BCUT2D eigenvalue weighted by atomic mass is 10.1. The predicted octanol–water partition coefficient (Wildman–Crippen LogP) is 1.60. The molecule has 0 atom stereocenters. The second-order valence-electron chi connectivity index (χ2n) is 5.38. The van der Waals surface area contributed by atoms with Crippen molar-refractivity contribution in [2.24, 2.45) is 9.50 Å². The summed E-state index contributed by atoms with van der Waals surface area (Å²) in [5.74, 6) is 0.825. The first-order valence-corrected chi connectivity index (χ1v) is 8.90. The lowest BCUT2D eigenvalue weighted by Gasteiger charge is -2.12. The van der Waals surface area contributed by atoms with Gasteiger partial charge in [0, 0.05) is 18.2 Å². The van der Waals surface area contributed by atoms with Gasteiger partial charge in [0.05, 0.1) is 19.9 Å². The number of aliphatic hydroxyl groups excluding tert-OH is 1. The largest absolute Gasteiger partial charge is 0.496 e. The van der Waals surface area contributed by atoms with Gasteiger partial charge in [-0.05, 0) is 23.8 Å². The first-order valence-electron chi connectivity index (χ1n) is 7.46. The molecule has 8 heteroatoms. The quantitative estimate of drug-likeness (QED) is 0.661. The molecule has 1 aliphatic heterocycles. The summed E-state index contributed by atoms with van der Waals surface area (Å²) in [4.78, 5) is 0.181. The van der Waals surface area contributed by atoms with Gasteiger partial charge >= 0.3 is 0 Å². The Hall–Kier alpha value is -2.71. The molecular weight excluding hydrogens is 342 g/mol. The van der Waals surface area contributed by atoms with Gasteiger partial charge in [-0.25, -0.2) is 5.01 Å². The van der Waals surface area contributed by atoms with E-state index in [2.05, 4.69) is 9.50 Å². The lowest BCUT2D eigenvalue weighted by molar-refractivity contribution is 0.274. The summed E-state index contributed by atoms with van der Waals surface area (Å²) >= 11 is 0. The Bertz CT molecular complexity index is 968. The third-order valence-electron chi connectivity index (χ3n) is 3.78. The maximum atomic E-state index is 12.1. The number of hydrazone groups is 1. The number of benzene rings is 2. The van der Waals surface area contributed by atoms with E-state index in [9.17, 15) is 13.5 Å². The van der Waals surface area contributed by atoms with Crippen LogP contribution in [0.1, 0.15) is 16.7 Å². The van der Waals surface area contributed by atoms with Crippen LogP contribution in [0.15, 0.2) is 56.9 Å². The highest BCUT2D eigenvalue weighted by molar-refractivity contribution is 7.90. The van der Waals surface area contributed by atoms with Crippen LogP contribution < -0.4 is 4.74 Å². The minimum absolute atomic E-state index is 0.119. The molecule has 130 valence electrons. The van der Waals surface area contributed by atoms with Gasteiger partial charge in [0.15, 0.2) is 5.84 Å². The van der Waals surface area contributed by atoms with Crippen LogP contribution in [0.25, 0.3) is 0 Å². The van der Waals surface area contributed by atoms with Crippen molar-refractivity contribution in [3.63, 3.8) is 0 Å². The van der Waals surface area contributed by atoms with Gasteiger partial charge < -0.3 is 9.84 Å². The Morgan fingerprint density at radius 1 is 1.28 bits per heavy atom. The third kappa shape index (κ3) is 3.26. The first-order chi connectivity index (χ1) is 12.0. The van der Waals surface area contributed by atoms with Crippen LogP contribution in [0.2, 0.25) is 0 Å². The average Bonchev–Trinajstić information content (AvgIpc) is 2.91. The molecule has 0 aliphatic carbocycles. The van der Waals surface area contributed by atoms with Gasteiger partial charge in [0.1, 0.15) is 10.6 Å². The highest BCUT2D eigenvalue weighted by atomic mass is 32.2. The van der Waals surface area contributed by atoms with Crippen LogP contribution in [0, 0.1) is 0 Å². The van der Waals surface area contributed by atoms with Gasteiger partial charge in [-0.2, -0.15) is 13.5 Å². The fourth-order valence-electron chi connectivity index (χ4n) is 2.50. The molecule has 0 bridgehead atoms. The summed E-state index contributed by atoms with van der Waals surface area (Å²) in [6.45, 7) is -0.119. The second-order valence-corrected chi connectivity index (χ2v) is 6.96. The summed E-state index contributed by atoms with van der Waals surface area (Å²) in [5.41, 5.74) is 1.94. The highest BCUT2D eigenvalue weighted by Gasteiger charge is 2.30. The van der Waals surface area contributed by atoms with Crippen molar-refractivity contribution in [2.45, 2.75) is 11.5 Å². The second kappa shape index (κ2) is 6.66. The summed E-state index contributed by atoms with van der Waals surface area (Å²) in [6.07, 6.45) is 1.57. The molecule has 1 N–H and O–H groups in total. The standard InChI is InChI=1S/C17H17N3O4S/c1-20(17-14-5-3-4-6-16(14)25(22,23)19-17)18-10-12-7-8-13(11-21)15(9-12)24-2/h3-10,21H,11H2,1-2H3/b18-10+. The molecule has 0 unspecified atom stereocenters. The molecule has 3 rings (SSSR count). The number of hydrogen-bond acceptors (Lipinski definition) is 6. The van der Waals surface area contributed by atoms with Crippen LogP contribution in [0.5, 0.6) is 5.75 Å². The number of methoxy groups -OCH3 is 1. The van der Waals surface area contributed by atoms with Crippen molar-refractivity contribution in [1.29, 1.82) is 0 Å². The molecule has 0 amide bonds. The lowest BCUT2D eigenvalue weighted by Crippen LogP contribution is -2.21. The van der Waals surface area contributed by atoms with E-state index >= 15 is 0 Å². The van der Waals surface area contributed by atoms with Crippen LogP contribution in [0.3, 0.4) is 0 Å². The molecule has 0 fully saturated rings. The van der Waals surface area contributed by atoms with Crippen molar-refractivity contribution in [2.75, 3.05) is 14.2 Å². The van der Waals surface area contributed by atoms with Crippen molar-refractivity contribution < 1.29 is 18.3 Å². The Morgan fingerprint density at radius 3 is 2.76 bits per heavy atom. The summed E-state index contributed by atoms with van der Waals surface area (Å²) in [6, 6.07) is 11.9. The van der Waals surface area contributed by atoms with Crippen molar-refractivity contribution in [1.82, 2.24) is 5.01 Å². The van der Waals surface area contributed by atoms with Crippen LogP contribution in [0.4, 0.5) is 0 Å². The van der Waals surface area contributed by atoms with E-state index in [-0.39, 0.29) is 17.3 Å². The number of rotatable bonds is 4. The number of nitrogens with zero attached hydrogens (tertiary/aromatic N) is 3. The highest BCUT2D eigenvalue weighted by Crippen LogP contribution is 2.27. The molecular formula is C17H17N3O4S. The molecule has 1 aliphatic rings. The molecule has 2 aromatic rings. The molecule has 0 saturated carbocycles. The average molecular weight is 359 g/mol. The molecule has 0 saturated heterocycles. The zero-order valence-corrected chi connectivity index (χ0v) is 14.6.